The maximum atomic E-state index is 12.7. The summed E-state index contributed by atoms with van der Waals surface area (Å²) in [5.41, 5.74) is 0.0241. The largest absolute Gasteiger partial charge is 0.416 e. The van der Waals surface area contributed by atoms with E-state index in [4.69, 9.17) is 0 Å². The molecule has 1 aromatic rings. The molecule has 0 bridgehead atoms. The lowest BCUT2D eigenvalue weighted by molar-refractivity contribution is -0.137. The van der Waals surface area contributed by atoms with Crippen LogP contribution in [0.2, 0.25) is 0 Å². The minimum atomic E-state index is -4.31. The van der Waals surface area contributed by atoms with Crippen molar-refractivity contribution in [2.45, 2.75) is 31.5 Å². The zero-order chi connectivity index (χ0) is 14.5. The van der Waals surface area contributed by atoms with Crippen LogP contribution in [0.4, 0.5) is 13.2 Å². The predicted octanol–water partition coefficient (Wildman–Crippen LogP) is 5.08. The molecule has 0 aliphatic heterocycles. The third-order valence-corrected chi connectivity index (χ3v) is 3.67. The van der Waals surface area contributed by atoms with Crippen LogP contribution in [0.1, 0.15) is 36.4 Å². The van der Waals surface area contributed by atoms with Crippen molar-refractivity contribution in [1.29, 1.82) is 0 Å². The molecule has 0 aromatic heterocycles. The topological polar surface area (TPSA) is 12.0 Å². The van der Waals surface area contributed by atoms with Crippen LogP contribution in [0.3, 0.4) is 0 Å². The summed E-state index contributed by atoms with van der Waals surface area (Å²) < 4.78 is 38.9. The van der Waals surface area contributed by atoms with Gasteiger partial charge in [0.1, 0.15) is 0 Å². The van der Waals surface area contributed by atoms with Crippen molar-refractivity contribution in [1.82, 2.24) is 5.32 Å². The van der Waals surface area contributed by atoms with Crippen LogP contribution in [0.5, 0.6) is 0 Å². The summed E-state index contributed by atoms with van der Waals surface area (Å²) in [6, 6.07) is 3.65. The molecule has 0 saturated heterocycles. The van der Waals surface area contributed by atoms with Gasteiger partial charge in [0.15, 0.2) is 0 Å². The highest BCUT2D eigenvalue weighted by Gasteiger charge is 2.31. The zero-order valence-corrected chi connectivity index (χ0v) is 12.3. The van der Waals surface area contributed by atoms with Crippen LogP contribution >= 0.6 is 15.9 Å². The van der Waals surface area contributed by atoms with Crippen molar-refractivity contribution in [3.8, 4) is 0 Å². The number of unbranched alkanes of at least 4 members (excludes halogenated alkanes) is 1. The Labute approximate surface area is 120 Å². The smallest absolute Gasteiger partial charge is 0.313 e. The van der Waals surface area contributed by atoms with Crippen LogP contribution in [-0.2, 0) is 6.18 Å². The molecule has 1 aromatic carbocycles. The van der Waals surface area contributed by atoms with Crippen LogP contribution in [0.25, 0.3) is 0 Å². The first-order chi connectivity index (χ1) is 8.90. The van der Waals surface area contributed by atoms with E-state index in [1.54, 1.807) is 7.05 Å². The van der Waals surface area contributed by atoms with Gasteiger partial charge in [-0.05, 0) is 50.1 Å². The predicted molar refractivity (Wildman–Crippen MR) is 75.0 cm³/mol. The molecule has 1 unspecified atom stereocenters. The molecule has 19 heavy (non-hydrogen) atoms. The lowest BCUT2D eigenvalue weighted by atomic mass is 9.99. The van der Waals surface area contributed by atoms with Gasteiger partial charge < -0.3 is 5.32 Å². The van der Waals surface area contributed by atoms with Gasteiger partial charge in [-0.3, -0.25) is 0 Å². The van der Waals surface area contributed by atoms with E-state index in [1.807, 2.05) is 6.08 Å². The maximum absolute atomic E-state index is 12.7. The van der Waals surface area contributed by atoms with Crippen LogP contribution in [0, 0.1) is 0 Å². The maximum Gasteiger partial charge on any atom is 0.416 e. The standard InChI is InChI=1S/C14H17BrF3N/c1-3-4-5-6-13(19-2)11-9-10(14(16,17)18)7-8-12(11)15/h3,7-9,13,19H,1,4-6H2,2H3. The summed E-state index contributed by atoms with van der Waals surface area (Å²) in [7, 11) is 1.76. The first kappa shape index (κ1) is 16.2. The van der Waals surface area contributed by atoms with E-state index in [0.717, 1.165) is 25.3 Å². The van der Waals surface area contributed by atoms with E-state index in [2.05, 4.69) is 27.8 Å². The highest BCUT2D eigenvalue weighted by atomic mass is 79.9. The minimum absolute atomic E-state index is 0.100. The van der Waals surface area contributed by atoms with E-state index < -0.39 is 11.7 Å². The number of benzene rings is 1. The summed E-state index contributed by atoms with van der Waals surface area (Å²) in [6.07, 6.45) is 0.0115. The summed E-state index contributed by atoms with van der Waals surface area (Å²) in [4.78, 5) is 0. The lowest BCUT2D eigenvalue weighted by Crippen LogP contribution is -2.18. The molecule has 0 heterocycles. The second-order valence-corrected chi connectivity index (χ2v) is 5.15. The lowest BCUT2D eigenvalue weighted by Gasteiger charge is -2.19. The van der Waals surface area contributed by atoms with E-state index in [1.165, 1.54) is 12.1 Å². The van der Waals surface area contributed by atoms with Gasteiger partial charge in [-0.15, -0.1) is 6.58 Å². The average molecular weight is 336 g/mol. The van der Waals surface area contributed by atoms with Crippen molar-refractivity contribution >= 4 is 15.9 Å². The molecule has 0 radical (unpaired) electrons. The fraction of sp³-hybridized carbons (Fsp3) is 0.429. The van der Waals surface area contributed by atoms with E-state index in [9.17, 15) is 13.2 Å². The van der Waals surface area contributed by atoms with Gasteiger partial charge in [0.2, 0.25) is 0 Å². The third kappa shape index (κ3) is 4.66. The van der Waals surface area contributed by atoms with E-state index >= 15 is 0 Å². The number of rotatable bonds is 6. The van der Waals surface area contributed by atoms with E-state index in [0.29, 0.717) is 10.0 Å². The van der Waals surface area contributed by atoms with Gasteiger partial charge in [-0.25, -0.2) is 0 Å². The highest BCUT2D eigenvalue weighted by molar-refractivity contribution is 9.10. The number of alkyl halides is 3. The fourth-order valence-electron chi connectivity index (χ4n) is 1.91. The molecule has 0 amide bonds. The Morgan fingerprint density at radius 2 is 2.11 bits per heavy atom. The Morgan fingerprint density at radius 1 is 1.42 bits per heavy atom. The SMILES string of the molecule is C=CCCCC(NC)c1cc(C(F)(F)F)ccc1Br. The van der Waals surface area contributed by atoms with Crippen molar-refractivity contribution in [3.05, 3.63) is 46.5 Å². The average Bonchev–Trinajstić information content (AvgIpc) is 2.34. The number of hydrogen-bond acceptors (Lipinski definition) is 1. The second kappa shape index (κ2) is 7.10. The minimum Gasteiger partial charge on any atom is -0.313 e. The van der Waals surface area contributed by atoms with Gasteiger partial charge in [0.25, 0.3) is 0 Å². The quantitative estimate of drug-likeness (QED) is 0.564. The van der Waals surface area contributed by atoms with E-state index in [-0.39, 0.29) is 6.04 Å². The Kier molecular flexibility index (Phi) is 6.07. The second-order valence-electron chi connectivity index (χ2n) is 4.29. The van der Waals surface area contributed by atoms with Gasteiger partial charge >= 0.3 is 6.18 Å². The monoisotopic (exact) mass is 335 g/mol. The molecular formula is C14H17BrF3N. The van der Waals surface area contributed by atoms with Crippen molar-refractivity contribution in [2.75, 3.05) is 7.05 Å². The van der Waals surface area contributed by atoms with Gasteiger partial charge in [-0.1, -0.05) is 22.0 Å². The molecule has 0 aliphatic carbocycles. The zero-order valence-electron chi connectivity index (χ0n) is 10.7. The summed E-state index contributed by atoms with van der Waals surface area (Å²) in [5.74, 6) is 0. The normalized spacial score (nSPS) is 13.3. The number of nitrogens with one attached hydrogen (secondary N) is 1. The molecule has 0 fully saturated rings. The van der Waals surface area contributed by atoms with Crippen molar-refractivity contribution in [3.63, 3.8) is 0 Å². The van der Waals surface area contributed by atoms with Crippen LogP contribution in [-0.4, -0.2) is 7.05 Å². The van der Waals surface area contributed by atoms with Crippen LogP contribution < -0.4 is 5.32 Å². The first-order valence-corrected chi connectivity index (χ1v) is 6.84. The molecule has 5 heteroatoms. The van der Waals surface area contributed by atoms with Gasteiger partial charge in [0.05, 0.1) is 5.56 Å². The first-order valence-electron chi connectivity index (χ1n) is 6.05. The number of halogens is 4. The molecular weight excluding hydrogens is 319 g/mol. The Morgan fingerprint density at radius 3 is 2.63 bits per heavy atom. The molecule has 0 spiro atoms. The molecule has 1 rings (SSSR count). The molecule has 0 saturated carbocycles. The van der Waals surface area contributed by atoms with Gasteiger partial charge in [0, 0.05) is 10.5 Å². The summed E-state index contributed by atoms with van der Waals surface area (Å²) in [6.45, 7) is 3.64. The molecule has 0 aliphatic rings. The Bertz CT molecular complexity index is 429. The van der Waals surface area contributed by atoms with Crippen molar-refractivity contribution in [2.24, 2.45) is 0 Å². The number of hydrogen-bond donors (Lipinski definition) is 1. The molecule has 106 valence electrons. The van der Waals surface area contributed by atoms with Crippen LogP contribution in [0.15, 0.2) is 35.3 Å². The molecule has 1 atom stereocenters. The third-order valence-electron chi connectivity index (χ3n) is 2.95. The fourth-order valence-corrected chi connectivity index (χ4v) is 2.43. The Hall–Kier alpha value is -0.810. The summed E-state index contributed by atoms with van der Waals surface area (Å²) in [5, 5.41) is 3.07. The Balaban J connectivity index is 2.98. The molecule has 1 N–H and O–H groups in total. The highest BCUT2D eigenvalue weighted by Crippen LogP contribution is 2.35. The van der Waals surface area contributed by atoms with Crippen molar-refractivity contribution < 1.29 is 13.2 Å². The molecule has 1 nitrogen and oxygen atoms in total. The van der Waals surface area contributed by atoms with Gasteiger partial charge in [-0.2, -0.15) is 13.2 Å². The summed E-state index contributed by atoms with van der Waals surface area (Å²) >= 11 is 3.32. The number of allylic oxidation sites excluding steroid dienone is 1.